The largest absolute Gasteiger partial charge is 0.355 e. The molecule has 0 saturated carbocycles. The van der Waals surface area contributed by atoms with Crippen LogP contribution in [0.25, 0.3) is 5.95 Å². The lowest BCUT2D eigenvalue weighted by molar-refractivity contribution is 0.310. The first kappa shape index (κ1) is 15.9. The van der Waals surface area contributed by atoms with Gasteiger partial charge >= 0.3 is 0 Å². The van der Waals surface area contributed by atoms with Gasteiger partial charge in [0.25, 0.3) is 5.95 Å². The van der Waals surface area contributed by atoms with Crippen LogP contribution in [0.1, 0.15) is 30.4 Å². The summed E-state index contributed by atoms with van der Waals surface area (Å²) in [6.45, 7) is 13.7. The SMILES string of the molecule is CCN1CCCN(c2cc(C)nc(-n3nc(C)cc3C)n2)CC1. The van der Waals surface area contributed by atoms with Crippen LogP contribution in [0.5, 0.6) is 0 Å². The lowest BCUT2D eigenvalue weighted by Crippen LogP contribution is -2.31. The van der Waals surface area contributed by atoms with Crippen LogP contribution in [-0.2, 0) is 0 Å². The third kappa shape index (κ3) is 3.52. The molecule has 1 saturated heterocycles. The van der Waals surface area contributed by atoms with Crippen LogP contribution < -0.4 is 4.90 Å². The van der Waals surface area contributed by atoms with Crippen LogP contribution in [0.3, 0.4) is 0 Å². The fourth-order valence-corrected chi connectivity index (χ4v) is 3.14. The Kier molecular flexibility index (Phi) is 4.61. The van der Waals surface area contributed by atoms with Crippen molar-refractivity contribution in [2.75, 3.05) is 37.6 Å². The molecule has 0 spiro atoms. The van der Waals surface area contributed by atoms with Gasteiger partial charge in [-0.2, -0.15) is 10.1 Å². The fourth-order valence-electron chi connectivity index (χ4n) is 3.14. The van der Waals surface area contributed by atoms with Gasteiger partial charge in [-0.05, 0) is 46.3 Å². The normalized spacial score (nSPS) is 16.6. The highest BCUT2D eigenvalue weighted by Crippen LogP contribution is 2.18. The first-order valence-corrected chi connectivity index (χ1v) is 8.43. The van der Waals surface area contributed by atoms with Crippen LogP contribution >= 0.6 is 0 Å². The zero-order valence-corrected chi connectivity index (χ0v) is 14.6. The van der Waals surface area contributed by atoms with Crippen molar-refractivity contribution >= 4 is 5.82 Å². The Morgan fingerprint density at radius 3 is 2.48 bits per heavy atom. The van der Waals surface area contributed by atoms with Crippen molar-refractivity contribution in [2.24, 2.45) is 0 Å². The van der Waals surface area contributed by atoms with Gasteiger partial charge in [0.15, 0.2) is 0 Å². The molecule has 1 aliphatic heterocycles. The summed E-state index contributed by atoms with van der Waals surface area (Å²) in [4.78, 5) is 14.2. The van der Waals surface area contributed by atoms with E-state index in [1.54, 1.807) is 0 Å². The minimum absolute atomic E-state index is 0.669. The highest BCUT2D eigenvalue weighted by Gasteiger charge is 2.17. The molecule has 0 bridgehead atoms. The molecule has 0 N–H and O–H groups in total. The second kappa shape index (κ2) is 6.66. The van der Waals surface area contributed by atoms with Gasteiger partial charge in [-0.1, -0.05) is 6.92 Å². The van der Waals surface area contributed by atoms with Crippen LogP contribution in [0, 0.1) is 20.8 Å². The first-order chi connectivity index (χ1) is 11.1. The van der Waals surface area contributed by atoms with E-state index in [1.165, 1.54) is 13.0 Å². The lowest BCUT2D eigenvalue weighted by atomic mass is 10.3. The Labute approximate surface area is 138 Å². The molecule has 0 radical (unpaired) electrons. The number of nitrogens with zero attached hydrogens (tertiary/aromatic N) is 6. The molecule has 1 aliphatic rings. The number of aryl methyl sites for hydroxylation is 3. The Bertz CT molecular complexity index is 678. The van der Waals surface area contributed by atoms with Gasteiger partial charge in [-0.15, -0.1) is 0 Å². The molecular weight excluding hydrogens is 288 g/mol. The van der Waals surface area contributed by atoms with E-state index in [4.69, 9.17) is 4.98 Å². The van der Waals surface area contributed by atoms with E-state index in [-0.39, 0.29) is 0 Å². The van der Waals surface area contributed by atoms with Crippen LogP contribution in [0.4, 0.5) is 5.82 Å². The van der Waals surface area contributed by atoms with Gasteiger partial charge in [0, 0.05) is 37.1 Å². The number of hydrogen-bond donors (Lipinski definition) is 0. The van der Waals surface area contributed by atoms with E-state index in [0.717, 1.165) is 49.1 Å². The molecule has 0 aliphatic carbocycles. The third-order valence-electron chi connectivity index (χ3n) is 4.39. The highest BCUT2D eigenvalue weighted by molar-refractivity contribution is 5.42. The quantitative estimate of drug-likeness (QED) is 0.868. The Morgan fingerprint density at radius 2 is 1.78 bits per heavy atom. The second-order valence-corrected chi connectivity index (χ2v) is 6.28. The van der Waals surface area contributed by atoms with Gasteiger partial charge in [-0.3, -0.25) is 0 Å². The van der Waals surface area contributed by atoms with Crippen molar-refractivity contribution in [2.45, 2.75) is 34.1 Å². The van der Waals surface area contributed by atoms with Gasteiger partial charge in [0.1, 0.15) is 5.82 Å². The molecule has 0 amide bonds. The molecular formula is C17H26N6. The van der Waals surface area contributed by atoms with E-state index in [1.807, 2.05) is 25.5 Å². The lowest BCUT2D eigenvalue weighted by Gasteiger charge is -2.23. The first-order valence-electron chi connectivity index (χ1n) is 8.43. The smallest absolute Gasteiger partial charge is 0.252 e. The van der Waals surface area contributed by atoms with Gasteiger partial charge in [-0.25, -0.2) is 9.67 Å². The molecule has 0 aromatic carbocycles. The maximum atomic E-state index is 4.79. The standard InChI is InChI=1S/C17H26N6/c1-5-21-7-6-8-22(10-9-21)16-12-13(2)18-17(19-16)23-15(4)11-14(3)20-23/h11-12H,5-10H2,1-4H3. The molecule has 3 heterocycles. The Balaban J connectivity index is 1.90. The van der Waals surface area contributed by atoms with Gasteiger partial charge in [0.2, 0.25) is 0 Å². The molecule has 124 valence electrons. The van der Waals surface area contributed by atoms with E-state index < -0.39 is 0 Å². The van der Waals surface area contributed by atoms with Crippen LogP contribution in [-0.4, -0.2) is 57.4 Å². The fraction of sp³-hybridized carbons (Fsp3) is 0.588. The van der Waals surface area contributed by atoms with Crippen molar-refractivity contribution in [3.8, 4) is 5.95 Å². The Hall–Kier alpha value is -1.95. The summed E-state index contributed by atoms with van der Waals surface area (Å²) >= 11 is 0. The predicted octanol–water partition coefficient (Wildman–Crippen LogP) is 2.12. The molecule has 0 atom stereocenters. The van der Waals surface area contributed by atoms with Crippen molar-refractivity contribution in [1.82, 2.24) is 24.6 Å². The van der Waals surface area contributed by atoms with E-state index in [9.17, 15) is 0 Å². The number of hydrogen-bond acceptors (Lipinski definition) is 5. The maximum Gasteiger partial charge on any atom is 0.252 e. The summed E-state index contributed by atoms with van der Waals surface area (Å²) in [7, 11) is 0. The summed E-state index contributed by atoms with van der Waals surface area (Å²) in [6, 6.07) is 4.13. The molecule has 6 heteroatoms. The highest BCUT2D eigenvalue weighted by atomic mass is 15.4. The minimum atomic E-state index is 0.669. The molecule has 23 heavy (non-hydrogen) atoms. The predicted molar refractivity (Wildman–Crippen MR) is 92.3 cm³/mol. The van der Waals surface area contributed by atoms with Crippen molar-refractivity contribution in [3.05, 3.63) is 29.2 Å². The zero-order chi connectivity index (χ0) is 16.4. The van der Waals surface area contributed by atoms with Gasteiger partial charge in [0.05, 0.1) is 5.69 Å². The van der Waals surface area contributed by atoms with Crippen molar-refractivity contribution < 1.29 is 0 Å². The molecule has 0 unspecified atom stereocenters. The number of likely N-dealkylation sites (N-methyl/N-ethyl adjacent to an activating group) is 1. The minimum Gasteiger partial charge on any atom is -0.355 e. The molecule has 6 nitrogen and oxygen atoms in total. The molecule has 2 aromatic rings. The van der Waals surface area contributed by atoms with E-state index >= 15 is 0 Å². The number of anilines is 1. The molecule has 2 aromatic heterocycles. The maximum absolute atomic E-state index is 4.79. The van der Waals surface area contributed by atoms with E-state index in [0.29, 0.717) is 5.95 Å². The molecule has 1 fully saturated rings. The van der Waals surface area contributed by atoms with Crippen molar-refractivity contribution in [3.63, 3.8) is 0 Å². The summed E-state index contributed by atoms with van der Waals surface area (Å²) in [5.41, 5.74) is 3.03. The molecule has 3 rings (SSSR count). The average molecular weight is 314 g/mol. The average Bonchev–Trinajstić information content (AvgIpc) is 2.74. The Morgan fingerprint density at radius 1 is 0.957 bits per heavy atom. The van der Waals surface area contributed by atoms with Crippen LogP contribution in [0.2, 0.25) is 0 Å². The van der Waals surface area contributed by atoms with Gasteiger partial charge < -0.3 is 9.80 Å². The zero-order valence-electron chi connectivity index (χ0n) is 14.6. The van der Waals surface area contributed by atoms with Crippen LogP contribution in [0.15, 0.2) is 12.1 Å². The number of aromatic nitrogens is 4. The summed E-state index contributed by atoms with van der Waals surface area (Å²) in [5, 5.41) is 4.52. The summed E-state index contributed by atoms with van der Waals surface area (Å²) in [6.07, 6.45) is 1.17. The van der Waals surface area contributed by atoms with Crippen molar-refractivity contribution in [1.29, 1.82) is 0 Å². The summed E-state index contributed by atoms with van der Waals surface area (Å²) in [5.74, 6) is 1.68. The topological polar surface area (TPSA) is 50.1 Å². The monoisotopic (exact) mass is 314 g/mol. The third-order valence-corrected chi connectivity index (χ3v) is 4.39. The summed E-state index contributed by atoms with van der Waals surface area (Å²) < 4.78 is 1.84. The van der Waals surface area contributed by atoms with E-state index in [2.05, 4.69) is 38.9 Å². The second-order valence-electron chi connectivity index (χ2n) is 6.28. The number of rotatable bonds is 3.